The van der Waals surface area contributed by atoms with Gasteiger partial charge in [0.2, 0.25) is 0 Å². The van der Waals surface area contributed by atoms with E-state index < -0.39 is 0 Å². The van der Waals surface area contributed by atoms with Crippen LogP contribution in [0.4, 0.5) is 0 Å². The summed E-state index contributed by atoms with van der Waals surface area (Å²) in [5.41, 5.74) is 1.51. The predicted molar refractivity (Wildman–Crippen MR) is 55.9 cm³/mol. The van der Waals surface area contributed by atoms with Crippen molar-refractivity contribution in [2.75, 3.05) is 0 Å². The fourth-order valence-electron chi connectivity index (χ4n) is 1.33. The monoisotopic (exact) mass is 206 g/mol. The molecule has 0 aliphatic heterocycles. The van der Waals surface area contributed by atoms with Gasteiger partial charge >= 0.3 is 0 Å². The number of rotatable bonds is 1. The molecular weight excluding hydrogens is 200 g/mol. The zero-order valence-electron chi connectivity index (χ0n) is 7.18. The number of benzene rings is 1. The Balaban J connectivity index is 2.77. The molecule has 1 heterocycles. The second kappa shape index (κ2) is 3.64. The number of nitrogens with zero attached hydrogens (tertiary/aromatic N) is 2. The Morgan fingerprint density at radius 3 is 2.86 bits per heavy atom. The van der Waals surface area contributed by atoms with Gasteiger partial charge in [-0.3, -0.25) is 4.98 Å². The Morgan fingerprint density at radius 1 is 1.29 bits per heavy atom. The summed E-state index contributed by atoms with van der Waals surface area (Å²) in [6.07, 6.45) is 1.63. The van der Waals surface area contributed by atoms with Crippen LogP contribution in [-0.4, -0.2) is 15.4 Å². The molecule has 1 aromatic heterocycles. The topological polar surface area (TPSA) is 45.5 Å². The summed E-state index contributed by atoms with van der Waals surface area (Å²) in [5.74, 6) is 0. The van der Waals surface area contributed by atoms with Crippen LogP contribution in [0.2, 0.25) is 0 Å². The van der Waals surface area contributed by atoms with Crippen LogP contribution < -0.4 is 0 Å². The number of hydrogen-bond donors (Lipinski definition) is 1. The predicted octanol–water partition coefficient (Wildman–Crippen LogP) is 2.61. The molecule has 0 saturated heterocycles. The van der Waals surface area contributed by atoms with E-state index in [1.165, 1.54) is 0 Å². The lowest BCUT2D eigenvalue weighted by Gasteiger charge is -2.01. The maximum absolute atomic E-state index is 8.58. The van der Waals surface area contributed by atoms with Crippen LogP contribution in [0.3, 0.4) is 0 Å². The largest absolute Gasteiger partial charge is 0.410 e. The molecule has 1 N–H and O–H groups in total. The van der Waals surface area contributed by atoms with E-state index in [0.29, 0.717) is 5.56 Å². The summed E-state index contributed by atoms with van der Waals surface area (Å²) >= 11 is 5.74. The fraction of sp³-hybridized carbons (Fsp3) is 0. The van der Waals surface area contributed by atoms with Crippen molar-refractivity contribution in [3.63, 3.8) is 0 Å². The van der Waals surface area contributed by atoms with Crippen LogP contribution in [0.1, 0.15) is 5.56 Å². The van der Waals surface area contributed by atoms with Crippen LogP contribution in [0.5, 0.6) is 0 Å². The van der Waals surface area contributed by atoms with Crippen LogP contribution >= 0.6 is 11.6 Å². The molecular formula is C10H7ClN2O. The first-order chi connectivity index (χ1) is 6.83. The lowest BCUT2D eigenvalue weighted by atomic mass is 10.1. The summed E-state index contributed by atoms with van der Waals surface area (Å²) < 4.78 is 0. The van der Waals surface area contributed by atoms with Gasteiger partial charge in [-0.1, -0.05) is 35.0 Å². The third-order valence-electron chi connectivity index (χ3n) is 1.96. The molecule has 0 unspecified atom stereocenters. The number of fused-ring (bicyclic) bond motifs is 1. The van der Waals surface area contributed by atoms with E-state index >= 15 is 0 Å². The summed E-state index contributed by atoms with van der Waals surface area (Å²) in [5, 5.41) is 12.5. The molecule has 0 radical (unpaired) electrons. The molecule has 0 aliphatic carbocycles. The molecule has 14 heavy (non-hydrogen) atoms. The molecule has 3 nitrogen and oxygen atoms in total. The van der Waals surface area contributed by atoms with Gasteiger partial charge in [-0.2, -0.15) is 0 Å². The molecule has 2 aromatic rings. The third-order valence-corrected chi connectivity index (χ3v) is 2.24. The Kier molecular flexibility index (Phi) is 2.33. The highest BCUT2D eigenvalue weighted by Crippen LogP contribution is 2.18. The summed E-state index contributed by atoms with van der Waals surface area (Å²) in [6.45, 7) is 0. The molecule has 0 amide bonds. The van der Waals surface area contributed by atoms with E-state index in [4.69, 9.17) is 16.8 Å². The highest BCUT2D eigenvalue weighted by molar-refractivity contribution is 6.70. The lowest BCUT2D eigenvalue weighted by Crippen LogP contribution is -1.93. The maximum Gasteiger partial charge on any atom is 0.176 e. The molecule has 4 heteroatoms. The molecule has 1 aromatic carbocycles. The van der Waals surface area contributed by atoms with Crippen molar-refractivity contribution in [3.8, 4) is 0 Å². The van der Waals surface area contributed by atoms with Gasteiger partial charge in [0, 0.05) is 17.1 Å². The van der Waals surface area contributed by atoms with Crippen LogP contribution in [-0.2, 0) is 0 Å². The van der Waals surface area contributed by atoms with Crippen molar-refractivity contribution in [1.29, 1.82) is 0 Å². The highest BCUT2D eigenvalue weighted by atomic mass is 35.5. The first kappa shape index (κ1) is 8.97. The van der Waals surface area contributed by atoms with Crippen LogP contribution in [0.25, 0.3) is 10.9 Å². The second-order valence-corrected chi connectivity index (χ2v) is 3.12. The number of oxime groups is 1. The summed E-state index contributed by atoms with van der Waals surface area (Å²) in [4.78, 5) is 4.16. The minimum atomic E-state index is 0.0728. The molecule has 0 atom stereocenters. The Hall–Kier alpha value is -1.61. The Bertz CT molecular complexity index is 491. The average molecular weight is 207 g/mol. The van der Waals surface area contributed by atoms with E-state index in [1.807, 2.05) is 24.3 Å². The minimum absolute atomic E-state index is 0.0728. The van der Waals surface area contributed by atoms with Gasteiger partial charge in [0.05, 0.1) is 5.52 Å². The van der Waals surface area contributed by atoms with Crippen LogP contribution in [0, 0.1) is 0 Å². The molecule has 0 saturated carbocycles. The van der Waals surface area contributed by atoms with Gasteiger partial charge in [-0.25, -0.2) is 0 Å². The number of pyridine rings is 1. The smallest absolute Gasteiger partial charge is 0.176 e. The van der Waals surface area contributed by atoms with Crippen molar-refractivity contribution in [2.24, 2.45) is 5.16 Å². The molecule has 0 fully saturated rings. The molecule has 0 aliphatic rings. The molecule has 0 bridgehead atoms. The first-order valence-electron chi connectivity index (χ1n) is 4.04. The number of para-hydroxylation sites is 1. The Morgan fingerprint density at radius 2 is 2.07 bits per heavy atom. The van der Waals surface area contributed by atoms with Gasteiger partial charge in [-0.05, 0) is 12.1 Å². The first-order valence-corrected chi connectivity index (χ1v) is 4.42. The SMILES string of the molecule is O/N=C(\Cl)c1ccnc2ccccc12. The molecule has 2 rings (SSSR count). The normalized spacial score (nSPS) is 11.9. The van der Waals surface area contributed by atoms with E-state index in [9.17, 15) is 0 Å². The standard InChI is InChI=1S/C10H7ClN2O/c11-10(13-14)8-5-6-12-9-4-2-1-3-7(8)9/h1-6,14H/b13-10-. The number of halogens is 1. The Labute approximate surface area is 85.6 Å². The van der Waals surface area contributed by atoms with E-state index in [2.05, 4.69) is 10.1 Å². The highest BCUT2D eigenvalue weighted by Gasteiger charge is 2.05. The number of hydrogen-bond acceptors (Lipinski definition) is 3. The van der Waals surface area contributed by atoms with E-state index in [0.717, 1.165) is 10.9 Å². The molecule has 0 spiro atoms. The molecule has 70 valence electrons. The average Bonchev–Trinajstić information content (AvgIpc) is 2.27. The van der Waals surface area contributed by atoms with Crippen molar-refractivity contribution in [2.45, 2.75) is 0 Å². The fourth-order valence-corrected chi connectivity index (χ4v) is 1.49. The van der Waals surface area contributed by atoms with E-state index in [1.54, 1.807) is 12.3 Å². The van der Waals surface area contributed by atoms with Gasteiger partial charge in [0.25, 0.3) is 0 Å². The van der Waals surface area contributed by atoms with E-state index in [-0.39, 0.29) is 5.17 Å². The van der Waals surface area contributed by atoms with Crippen molar-refractivity contribution in [3.05, 3.63) is 42.1 Å². The second-order valence-electron chi connectivity index (χ2n) is 2.77. The quantitative estimate of drug-likeness (QED) is 0.443. The van der Waals surface area contributed by atoms with Gasteiger partial charge in [0.1, 0.15) is 0 Å². The number of aromatic nitrogens is 1. The zero-order valence-corrected chi connectivity index (χ0v) is 7.94. The summed E-state index contributed by atoms with van der Waals surface area (Å²) in [6, 6.07) is 9.24. The van der Waals surface area contributed by atoms with Crippen molar-refractivity contribution >= 4 is 27.7 Å². The maximum atomic E-state index is 8.58. The van der Waals surface area contributed by atoms with Crippen LogP contribution in [0.15, 0.2) is 41.7 Å². The van der Waals surface area contributed by atoms with Gasteiger partial charge in [0.15, 0.2) is 5.17 Å². The lowest BCUT2D eigenvalue weighted by molar-refractivity contribution is 0.321. The summed E-state index contributed by atoms with van der Waals surface area (Å²) in [7, 11) is 0. The van der Waals surface area contributed by atoms with Crippen molar-refractivity contribution in [1.82, 2.24) is 4.98 Å². The minimum Gasteiger partial charge on any atom is -0.410 e. The zero-order chi connectivity index (χ0) is 9.97. The van der Waals surface area contributed by atoms with Crippen molar-refractivity contribution < 1.29 is 5.21 Å². The third kappa shape index (κ3) is 1.42. The van der Waals surface area contributed by atoms with Gasteiger partial charge in [-0.15, -0.1) is 0 Å². The van der Waals surface area contributed by atoms with Gasteiger partial charge < -0.3 is 5.21 Å².